The average molecular weight is 277 g/mol. The van der Waals surface area contributed by atoms with Crippen LogP contribution in [0.1, 0.15) is 50.6 Å². The van der Waals surface area contributed by atoms with Gasteiger partial charge in [-0.25, -0.2) is 0 Å². The molecule has 3 heteroatoms. The van der Waals surface area contributed by atoms with Gasteiger partial charge in [0.1, 0.15) is 5.75 Å². The summed E-state index contributed by atoms with van der Waals surface area (Å²) in [4.78, 5) is 0. The molecule has 0 bridgehead atoms. The predicted molar refractivity (Wildman–Crippen MR) is 82.0 cm³/mol. The normalized spacial score (nSPS) is 18.9. The zero-order chi connectivity index (χ0) is 14.4. The molecule has 20 heavy (non-hydrogen) atoms. The summed E-state index contributed by atoms with van der Waals surface area (Å²) < 4.78 is 5.38. The minimum Gasteiger partial charge on any atom is -0.496 e. The van der Waals surface area contributed by atoms with E-state index in [1.807, 2.05) is 18.2 Å². The van der Waals surface area contributed by atoms with Crippen LogP contribution in [-0.2, 0) is 0 Å². The number of ether oxygens (including phenoxy) is 1. The van der Waals surface area contributed by atoms with Crippen LogP contribution in [0.4, 0.5) is 0 Å². The fraction of sp³-hybridized carbons (Fsp3) is 0.647. The van der Waals surface area contributed by atoms with Gasteiger partial charge in [0.25, 0.3) is 0 Å². The van der Waals surface area contributed by atoms with Gasteiger partial charge in [0.2, 0.25) is 0 Å². The fourth-order valence-electron chi connectivity index (χ4n) is 3.16. The van der Waals surface area contributed by atoms with Crippen LogP contribution in [0.25, 0.3) is 0 Å². The second-order valence-corrected chi connectivity index (χ2v) is 5.91. The van der Waals surface area contributed by atoms with E-state index in [1.165, 1.54) is 25.7 Å². The fourth-order valence-corrected chi connectivity index (χ4v) is 3.16. The average Bonchev–Trinajstić information content (AvgIpc) is 2.97. The first-order valence-electron chi connectivity index (χ1n) is 7.75. The Morgan fingerprint density at radius 2 is 2.00 bits per heavy atom. The molecule has 0 spiro atoms. The SMILES string of the molecule is COc1ccccc1[C@@H](C)NCC(O)CC1CCCC1. The summed E-state index contributed by atoms with van der Waals surface area (Å²) in [6.07, 6.45) is 5.95. The molecule has 0 aliphatic heterocycles. The summed E-state index contributed by atoms with van der Waals surface area (Å²) in [6.45, 7) is 2.76. The lowest BCUT2D eigenvalue weighted by Crippen LogP contribution is -2.30. The van der Waals surface area contributed by atoms with Crippen molar-refractivity contribution in [1.29, 1.82) is 0 Å². The van der Waals surface area contributed by atoms with E-state index in [1.54, 1.807) is 7.11 Å². The molecule has 1 aromatic carbocycles. The van der Waals surface area contributed by atoms with E-state index in [0.29, 0.717) is 6.54 Å². The van der Waals surface area contributed by atoms with Crippen molar-refractivity contribution in [1.82, 2.24) is 5.32 Å². The van der Waals surface area contributed by atoms with Crippen LogP contribution in [0.15, 0.2) is 24.3 Å². The lowest BCUT2D eigenvalue weighted by molar-refractivity contribution is 0.137. The lowest BCUT2D eigenvalue weighted by Gasteiger charge is -2.21. The predicted octanol–water partition coefficient (Wildman–Crippen LogP) is 3.29. The van der Waals surface area contributed by atoms with Gasteiger partial charge in [-0.1, -0.05) is 43.9 Å². The van der Waals surface area contributed by atoms with Gasteiger partial charge in [0.05, 0.1) is 13.2 Å². The Bertz CT molecular complexity index is 402. The van der Waals surface area contributed by atoms with Crippen LogP contribution in [0, 0.1) is 5.92 Å². The van der Waals surface area contributed by atoms with Crippen LogP contribution in [-0.4, -0.2) is 24.9 Å². The van der Waals surface area contributed by atoms with Crippen LogP contribution in [0.5, 0.6) is 5.75 Å². The van der Waals surface area contributed by atoms with Gasteiger partial charge in [-0.15, -0.1) is 0 Å². The Morgan fingerprint density at radius 3 is 2.70 bits per heavy atom. The van der Waals surface area contributed by atoms with Gasteiger partial charge in [-0.05, 0) is 25.3 Å². The number of nitrogens with one attached hydrogen (secondary N) is 1. The Kier molecular flexibility index (Phi) is 5.86. The molecule has 1 unspecified atom stereocenters. The maximum Gasteiger partial charge on any atom is 0.123 e. The molecule has 2 rings (SSSR count). The highest BCUT2D eigenvalue weighted by Gasteiger charge is 2.19. The van der Waals surface area contributed by atoms with Gasteiger partial charge in [0.15, 0.2) is 0 Å². The number of hydrogen-bond donors (Lipinski definition) is 2. The van der Waals surface area contributed by atoms with E-state index >= 15 is 0 Å². The monoisotopic (exact) mass is 277 g/mol. The zero-order valence-corrected chi connectivity index (χ0v) is 12.6. The number of benzene rings is 1. The van der Waals surface area contributed by atoms with Crippen molar-refractivity contribution < 1.29 is 9.84 Å². The number of aliphatic hydroxyl groups is 1. The van der Waals surface area contributed by atoms with Crippen molar-refractivity contribution in [2.24, 2.45) is 5.92 Å². The summed E-state index contributed by atoms with van der Waals surface area (Å²) in [6, 6.07) is 8.22. The van der Waals surface area contributed by atoms with Crippen molar-refractivity contribution in [3.8, 4) is 5.75 Å². The molecule has 3 nitrogen and oxygen atoms in total. The number of aliphatic hydroxyl groups excluding tert-OH is 1. The van der Waals surface area contributed by atoms with Crippen molar-refractivity contribution in [3.05, 3.63) is 29.8 Å². The molecule has 1 fully saturated rings. The maximum absolute atomic E-state index is 10.1. The van der Waals surface area contributed by atoms with Crippen molar-refractivity contribution >= 4 is 0 Å². The van der Waals surface area contributed by atoms with Gasteiger partial charge in [-0.3, -0.25) is 0 Å². The molecule has 0 heterocycles. The molecular formula is C17H27NO2. The van der Waals surface area contributed by atoms with E-state index in [-0.39, 0.29) is 12.1 Å². The van der Waals surface area contributed by atoms with Crippen molar-refractivity contribution in [2.75, 3.05) is 13.7 Å². The van der Waals surface area contributed by atoms with Gasteiger partial charge in [0, 0.05) is 18.2 Å². The van der Waals surface area contributed by atoms with E-state index in [4.69, 9.17) is 4.74 Å². The second-order valence-electron chi connectivity index (χ2n) is 5.91. The summed E-state index contributed by atoms with van der Waals surface area (Å²) in [7, 11) is 1.69. The van der Waals surface area contributed by atoms with Gasteiger partial charge >= 0.3 is 0 Å². The first kappa shape index (κ1) is 15.3. The number of hydrogen-bond acceptors (Lipinski definition) is 3. The maximum atomic E-state index is 10.1. The second kappa shape index (κ2) is 7.65. The molecule has 1 saturated carbocycles. The molecule has 1 aliphatic rings. The number of para-hydroxylation sites is 1. The van der Waals surface area contributed by atoms with Crippen LogP contribution >= 0.6 is 0 Å². The summed E-state index contributed by atoms with van der Waals surface area (Å²) in [5.41, 5.74) is 1.14. The highest BCUT2D eigenvalue weighted by atomic mass is 16.5. The first-order valence-corrected chi connectivity index (χ1v) is 7.75. The molecule has 1 aromatic rings. The molecule has 0 saturated heterocycles. The van der Waals surface area contributed by atoms with E-state index in [2.05, 4.69) is 18.3 Å². The largest absolute Gasteiger partial charge is 0.496 e. The van der Waals surface area contributed by atoms with E-state index in [0.717, 1.165) is 23.7 Å². The van der Waals surface area contributed by atoms with E-state index < -0.39 is 0 Å². The topological polar surface area (TPSA) is 41.5 Å². The third kappa shape index (κ3) is 4.22. The molecule has 0 aromatic heterocycles. The molecule has 0 radical (unpaired) electrons. The van der Waals surface area contributed by atoms with Crippen molar-refractivity contribution in [2.45, 2.75) is 51.2 Å². The minimum absolute atomic E-state index is 0.185. The Morgan fingerprint density at radius 1 is 1.30 bits per heavy atom. The molecule has 2 atom stereocenters. The third-order valence-corrected chi connectivity index (χ3v) is 4.35. The zero-order valence-electron chi connectivity index (χ0n) is 12.6. The van der Waals surface area contributed by atoms with Crippen molar-refractivity contribution in [3.63, 3.8) is 0 Å². The van der Waals surface area contributed by atoms with Gasteiger partial charge < -0.3 is 15.2 Å². The summed E-state index contributed by atoms with van der Waals surface area (Å²) in [5.74, 6) is 1.63. The van der Waals surface area contributed by atoms with E-state index in [9.17, 15) is 5.11 Å². The smallest absolute Gasteiger partial charge is 0.123 e. The van der Waals surface area contributed by atoms with Crippen LogP contribution < -0.4 is 10.1 Å². The van der Waals surface area contributed by atoms with Crippen LogP contribution in [0.2, 0.25) is 0 Å². The molecule has 0 amide bonds. The lowest BCUT2D eigenvalue weighted by atomic mass is 9.99. The van der Waals surface area contributed by atoms with Crippen LogP contribution in [0.3, 0.4) is 0 Å². The van der Waals surface area contributed by atoms with Gasteiger partial charge in [-0.2, -0.15) is 0 Å². The Labute approximate surface area is 122 Å². The summed E-state index contributed by atoms with van der Waals surface area (Å²) >= 11 is 0. The highest BCUT2D eigenvalue weighted by Crippen LogP contribution is 2.29. The highest BCUT2D eigenvalue weighted by molar-refractivity contribution is 5.35. The molecular weight excluding hydrogens is 250 g/mol. The minimum atomic E-state index is -0.241. The quantitative estimate of drug-likeness (QED) is 0.803. The Balaban J connectivity index is 1.80. The Hall–Kier alpha value is -1.06. The molecule has 112 valence electrons. The third-order valence-electron chi connectivity index (χ3n) is 4.35. The standard InChI is InChI=1S/C17H27NO2/c1-13(16-9-5-6-10-17(16)20-2)18-12-15(19)11-14-7-3-4-8-14/h5-6,9-10,13-15,18-19H,3-4,7-8,11-12H2,1-2H3/t13-,15?/m1/s1. The molecule has 2 N–H and O–H groups in total. The first-order chi connectivity index (χ1) is 9.70. The number of methoxy groups -OCH3 is 1. The summed E-state index contributed by atoms with van der Waals surface area (Å²) in [5, 5.41) is 13.6. The molecule has 1 aliphatic carbocycles. The number of rotatable bonds is 7.